The van der Waals surface area contributed by atoms with E-state index in [1.807, 2.05) is 60.0 Å². The minimum atomic E-state index is -0.321. The van der Waals surface area contributed by atoms with Crippen molar-refractivity contribution in [3.63, 3.8) is 0 Å². The summed E-state index contributed by atoms with van der Waals surface area (Å²) in [5, 5.41) is 7.34. The first-order valence-corrected chi connectivity index (χ1v) is 10.0. The fourth-order valence-electron chi connectivity index (χ4n) is 3.62. The predicted molar refractivity (Wildman–Crippen MR) is 114 cm³/mol. The Bertz CT molecular complexity index is 1320. The van der Waals surface area contributed by atoms with Crippen molar-refractivity contribution in [2.24, 2.45) is 0 Å². The molecule has 0 aliphatic heterocycles. The molecule has 30 heavy (non-hydrogen) atoms. The van der Waals surface area contributed by atoms with Gasteiger partial charge in [0.2, 0.25) is 5.91 Å². The molecule has 150 valence electrons. The summed E-state index contributed by atoms with van der Waals surface area (Å²) in [5.41, 5.74) is 4.02. The van der Waals surface area contributed by atoms with Crippen LogP contribution in [-0.4, -0.2) is 25.1 Å². The first-order valence-electron chi connectivity index (χ1n) is 10.0. The van der Waals surface area contributed by atoms with Crippen LogP contribution in [0.5, 0.6) is 0 Å². The highest BCUT2D eigenvalue weighted by Crippen LogP contribution is 2.38. The fraction of sp³-hybridized carbons (Fsp3) is 0.217. The number of nitrogens with one attached hydrogen (secondary N) is 1. The SMILES string of the molecule is Cc1ccccc1-c1nc2ccccn2c1NC(=O)Cn1nc(C2CC2)ccc1=O. The molecule has 7 nitrogen and oxygen atoms in total. The quantitative estimate of drug-likeness (QED) is 0.558. The molecular formula is C23H21N5O2. The first kappa shape index (κ1) is 18.3. The summed E-state index contributed by atoms with van der Waals surface area (Å²) in [6.07, 6.45) is 4.02. The van der Waals surface area contributed by atoms with E-state index in [9.17, 15) is 9.59 Å². The average molecular weight is 399 g/mol. The smallest absolute Gasteiger partial charge is 0.267 e. The number of aryl methyl sites for hydroxylation is 1. The van der Waals surface area contributed by atoms with E-state index in [1.54, 1.807) is 6.07 Å². The van der Waals surface area contributed by atoms with Gasteiger partial charge >= 0.3 is 0 Å². The van der Waals surface area contributed by atoms with Crippen molar-refractivity contribution in [3.05, 3.63) is 82.4 Å². The van der Waals surface area contributed by atoms with Crippen LogP contribution in [0.4, 0.5) is 5.82 Å². The maximum Gasteiger partial charge on any atom is 0.267 e. The van der Waals surface area contributed by atoms with E-state index in [-0.39, 0.29) is 18.0 Å². The van der Waals surface area contributed by atoms with Gasteiger partial charge < -0.3 is 5.32 Å². The van der Waals surface area contributed by atoms with Crippen molar-refractivity contribution in [1.29, 1.82) is 0 Å². The molecule has 1 aliphatic rings. The lowest BCUT2D eigenvalue weighted by Gasteiger charge is -2.10. The number of carbonyl (C=O) groups excluding carboxylic acids is 1. The fourth-order valence-corrected chi connectivity index (χ4v) is 3.62. The Kier molecular flexibility index (Phi) is 4.43. The number of rotatable bonds is 5. The van der Waals surface area contributed by atoms with Gasteiger partial charge in [0.05, 0.1) is 5.69 Å². The lowest BCUT2D eigenvalue weighted by molar-refractivity contribution is -0.117. The van der Waals surface area contributed by atoms with E-state index in [2.05, 4.69) is 10.4 Å². The third-order valence-corrected chi connectivity index (χ3v) is 5.36. The molecule has 1 aliphatic carbocycles. The molecule has 0 atom stereocenters. The molecule has 4 aromatic rings. The number of pyridine rings is 1. The van der Waals surface area contributed by atoms with Crippen molar-refractivity contribution >= 4 is 17.4 Å². The van der Waals surface area contributed by atoms with E-state index in [0.717, 1.165) is 35.3 Å². The highest BCUT2D eigenvalue weighted by atomic mass is 16.2. The van der Waals surface area contributed by atoms with Gasteiger partial charge in [0.15, 0.2) is 0 Å². The molecule has 0 unspecified atom stereocenters. The number of benzene rings is 1. The summed E-state index contributed by atoms with van der Waals surface area (Å²) in [4.78, 5) is 29.8. The van der Waals surface area contributed by atoms with Crippen LogP contribution in [0.15, 0.2) is 65.6 Å². The molecule has 0 bridgehead atoms. The number of anilines is 1. The molecule has 0 spiro atoms. The minimum absolute atomic E-state index is 0.146. The molecule has 7 heteroatoms. The molecular weight excluding hydrogens is 378 g/mol. The maximum absolute atomic E-state index is 12.9. The van der Waals surface area contributed by atoms with Gasteiger partial charge in [0.25, 0.3) is 5.56 Å². The van der Waals surface area contributed by atoms with Crippen LogP contribution in [0.1, 0.15) is 30.0 Å². The van der Waals surface area contributed by atoms with E-state index in [1.165, 1.54) is 10.7 Å². The van der Waals surface area contributed by atoms with Crippen LogP contribution < -0.4 is 10.9 Å². The van der Waals surface area contributed by atoms with Gasteiger partial charge in [0, 0.05) is 23.7 Å². The zero-order valence-electron chi connectivity index (χ0n) is 16.6. The molecule has 1 amide bonds. The summed E-state index contributed by atoms with van der Waals surface area (Å²) >= 11 is 0. The van der Waals surface area contributed by atoms with Gasteiger partial charge in [-0.15, -0.1) is 0 Å². The Morgan fingerprint density at radius 3 is 2.70 bits per heavy atom. The number of carbonyl (C=O) groups is 1. The second-order valence-electron chi connectivity index (χ2n) is 7.63. The summed E-state index contributed by atoms with van der Waals surface area (Å²) in [5.74, 6) is 0.667. The number of aromatic nitrogens is 4. The van der Waals surface area contributed by atoms with Gasteiger partial charge in [-0.25, -0.2) is 9.67 Å². The summed E-state index contributed by atoms with van der Waals surface area (Å²) in [6.45, 7) is 1.87. The Labute approximate surface area is 173 Å². The Hall–Kier alpha value is -3.74. The third-order valence-electron chi connectivity index (χ3n) is 5.36. The second kappa shape index (κ2) is 7.26. The summed E-state index contributed by atoms with van der Waals surface area (Å²) in [6, 6.07) is 16.8. The zero-order chi connectivity index (χ0) is 20.7. The van der Waals surface area contributed by atoms with Gasteiger partial charge in [-0.1, -0.05) is 30.3 Å². The lowest BCUT2D eigenvalue weighted by atomic mass is 10.1. The maximum atomic E-state index is 12.9. The summed E-state index contributed by atoms with van der Waals surface area (Å²) < 4.78 is 3.08. The molecule has 1 aromatic carbocycles. The van der Waals surface area contributed by atoms with E-state index < -0.39 is 0 Å². The highest BCUT2D eigenvalue weighted by molar-refractivity contribution is 5.94. The molecule has 3 heterocycles. The van der Waals surface area contributed by atoms with Crippen molar-refractivity contribution in [2.45, 2.75) is 32.2 Å². The molecule has 1 saturated carbocycles. The van der Waals surface area contributed by atoms with Crippen molar-refractivity contribution in [1.82, 2.24) is 19.2 Å². The standard InChI is InChI=1S/C23H21N5O2/c1-15-6-2-3-7-17(15)22-23(27-13-5-4-8-19(27)24-22)25-20(29)14-28-21(30)12-11-18(26-28)16-9-10-16/h2-8,11-13,16H,9-10,14H2,1H3,(H,25,29). The van der Waals surface area contributed by atoms with Crippen LogP contribution in [0.3, 0.4) is 0 Å². The normalized spacial score (nSPS) is 13.5. The van der Waals surface area contributed by atoms with Crippen molar-refractivity contribution in [3.8, 4) is 11.3 Å². The van der Waals surface area contributed by atoms with Crippen LogP contribution in [-0.2, 0) is 11.3 Å². The molecule has 1 N–H and O–H groups in total. The van der Waals surface area contributed by atoms with E-state index >= 15 is 0 Å². The van der Waals surface area contributed by atoms with E-state index in [4.69, 9.17) is 4.98 Å². The minimum Gasteiger partial charge on any atom is -0.308 e. The second-order valence-corrected chi connectivity index (χ2v) is 7.63. The number of hydrogen-bond donors (Lipinski definition) is 1. The highest BCUT2D eigenvalue weighted by Gasteiger charge is 2.26. The molecule has 5 rings (SSSR count). The number of nitrogens with zero attached hydrogens (tertiary/aromatic N) is 4. The topological polar surface area (TPSA) is 81.3 Å². The van der Waals surface area contributed by atoms with Gasteiger partial charge in [-0.05, 0) is 43.5 Å². The Balaban J connectivity index is 1.50. The predicted octanol–water partition coefficient (Wildman–Crippen LogP) is 3.38. The van der Waals surface area contributed by atoms with Crippen molar-refractivity contribution in [2.75, 3.05) is 5.32 Å². The third kappa shape index (κ3) is 3.39. The largest absolute Gasteiger partial charge is 0.308 e. The van der Waals surface area contributed by atoms with Crippen molar-refractivity contribution < 1.29 is 4.79 Å². The zero-order valence-corrected chi connectivity index (χ0v) is 16.6. The number of imidazole rings is 1. The number of fused-ring (bicyclic) bond motifs is 1. The lowest BCUT2D eigenvalue weighted by Crippen LogP contribution is -2.30. The number of amides is 1. The van der Waals surface area contributed by atoms with Crippen LogP contribution in [0.25, 0.3) is 16.9 Å². The first-order chi connectivity index (χ1) is 14.6. The summed E-state index contributed by atoms with van der Waals surface area (Å²) in [7, 11) is 0. The molecule has 1 fully saturated rings. The Morgan fingerprint density at radius 1 is 1.10 bits per heavy atom. The van der Waals surface area contributed by atoms with Crippen LogP contribution in [0.2, 0.25) is 0 Å². The molecule has 0 radical (unpaired) electrons. The van der Waals surface area contributed by atoms with Gasteiger partial charge in [-0.3, -0.25) is 14.0 Å². The molecule has 3 aromatic heterocycles. The van der Waals surface area contributed by atoms with Gasteiger partial charge in [0.1, 0.15) is 23.7 Å². The average Bonchev–Trinajstić information content (AvgIpc) is 3.53. The van der Waals surface area contributed by atoms with E-state index in [0.29, 0.717) is 17.4 Å². The van der Waals surface area contributed by atoms with Crippen LogP contribution in [0, 0.1) is 6.92 Å². The number of hydrogen-bond acceptors (Lipinski definition) is 4. The Morgan fingerprint density at radius 2 is 1.90 bits per heavy atom. The molecule has 0 saturated heterocycles. The monoisotopic (exact) mass is 399 g/mol. The van der Waals surface area contributed by atoms with Crippen LogP contribution >= 0.6 is 0 Å². The van der Waals surface area contributed by atoms with Gasteiger partial charge in [-0.2, -0.15) is 5.10 Å².